The molecule has 0 saturated carbocycles. The molecule has 0 spiro atoms. The quantitative estimate of drug-likeness (QED) is 0.759. The Morgan fingerprint density at radius 1 is 1.53 bits per heavy atom. The summed E-state index contributed by atoms with van der Waals surface area (Å²) in [5.41, 5.74) is 0.856. The van der Waals surface area contributed by atoms with E-state index in [2.05, 4.69) is 15.3 Å². The number of aliphatic hydroxyl groups is 1. The molecule has 1 aromatic rings. The third-order valence-corrected chi connectivity index (χ3v) is 2.58. The van der Waals surface area contributed by atoms with E-state index in [1.807, 2.05) is 13.8 Å². The average molecular weight is 230 g/mol. The Morgan fingerprint density at radius 3 is 2.93 bits per heavy atom. The maximum atomic E-state index is 8.71. The van der Waals surface area contributed by atoms with Crippen molar-refractivity contribution in [2.24, 2.45) is 0 Å². The summed E-state index contributed by atoms with van der Waals surface area (Å²) in [5, 5.41) is 12.4. The van der Waals surface area contributed by atoms with Gasteiger partial charge >= 0.3 is 0 Å². The third kappa shape index (κ3) is 3.64. The molecule has 1 aromatic heterocycles. The molecule has 5 heteroatoms. The number of aromatic nitrogens is 2. The molecule has 1 heterocycles. The van der Waals surface area contributed by atoms with Crippen LogP contribution in [0.25, 0.3) is 0 Å². The highest BCUT2D eigenvalue weighted by Crippen LogP contribution is 2.19. The molecule has 0 radical (unpaired) electrons. The van der Waals surface area contributed by atoms with Crippen molar-refractivity contribution in [3.05, 3.63) is 17.0 Å². The highest BCUT2D eigenvalue weighted by atomic mass is 35.5. The Labute approximate surface area is 94.7 Å². The predicted molar refractivity (Wildman–Crippen MR) is 61.2 cm³/mol. The normalized spacial score (nSPS) is 12.5. The second-order valence-electron chi connectivity index (χ2n) is 3.55. The molecule has 0 fully saturated rings. The zero-order valence-corrected chi connectivity index (χ0v) is 9.75. The monoisotopic (exact) mass is 229 g/mol. The summed E-state index contributed by atoms with van der Waals surface area (Å²) in [6.07, 6.45) is 3.13. The SMILES string of the molecule is Cc1c(Cl)ncnc1NC(C)CCCO. The van der Waals surface area contributed by atoms with Gasteiger partial charge in [-0.15, -0.1) is 0 Å². The summed E-state index contributed by atoms with van der Waals surface area (Å²) >= 11 is 5.87. The van der Waals surface area contributed by atoms with Crippen molar-refractivity contribution < 1.29 is 5.11 Å². The third-order valence-electron chi connectivity index (χ3n) is 2.20. The maximum absolute atomic E-state index is 8.71. The highest BCUT2D eigenvalue weighted by molar-refractivity contribution is 6.30. The van der Waals surface area contributed by atoms with Gasteiger partial charge in [-0.2, -0.15) is 0 Å². The van der Waals surface area contributed by atoms with Gasteiger partial charge in [-0.25, -0.2) is 9.97 Å². The van der Waals surface area contributed by atoms with Gasteiger partial charge in [0.25, 0.3) is 0 Å². The minimum atomic E-state index is 0.218. The molecule has 1 unspecified atom stereocenters. The van der Waals surface area contributed by atoms with E-state index in [1.54, 1.807) is 0 Å². The number of aliphatic hydroxyl groups excluding tert-OH is 1. The Balaban J connectivity index is 2.60. The van der Waals surface area contributed by atoms with Crippen LogP contribution >= 0.6 is 11.6 Å². The lowest BCUT2D eigenvalue weighted by molar-refractivity contribution is 0.282. The summed E-state index contributed by atoms with van der Waals surface area (Å²) in [5.74, 6) is 0.764. The molecule has 0 aliphatic heterocycles. The fraction of sp³-hybridized carbons (Fsp3) is 0.600. The first-order valence-corrected chi connectivity index (χ1v) is 5.37. The van der Waals surface area contributed by atoms with E-state index in [0.717, 1.165) is 24.2 Å². The molecule has 1 atom stereocenters. The van der Waals surface area contributed by atoms with E-state index in [4.69, 9.17) is 16.7 Å². The second-order valence-corrected chi connectivity index (χ2v) is 3.91. The minimum Gasteiger partial charge on any atom is -0.396 e. The molecule has 0 aliphatic rings. The zero-order valence-electron chi connectivity index (χ0n) is 9.00. The molecule has 2 N–H and O–H groups in total. The van der Waals surface area contributed by atoms with Crippen LogP contribution in [0.5, 0.6) is 0 Å². The fourth-order valence-electron chi connectivity index (χ4n) is 1.28. The Morgan fingerprint density at radius 2 is 2.27 bits per heavy atom. The summed E-state index contributed by atoms with van der Waals surface area (Å²) in [7, 11) is 0. The summed E-state index contributed by atoms with van der Waals surface area (Å²) in [6, 6.07) is 0.266. The number of rotatable bonds is 5. The van der Waals surface area contributed by atoms with Crippen molar-refractivity contribution in [1.29, 1.82) is 0 Å². The van der Waals surface area contributed by atoms with Gasteiger partial charge in [-0.1, -0.05) is 11.6 Å². The standard InChI is InChI=1S/C10H16ClN3O/c1-7(4-3-5-15)14-10-8(2)9(11)12-6-13-10/h6-7,15H,3-5H2,1-2H3,(H,12,13,14). The number of nitrogens with one attached hydrogen (secondary N) is 1. The van der Waals surface area contributed by atoms with Gasteiger partial charge in [0, 0.05) is 18.2 Å². The van der Waals surface area contributed by atoms with Crippen LogP contribution in [0.2, 0.25) is 5.15 Å². The van der Waals surface area contributed by atoms with Crippen LogP contribution in [0.4, 0.5) is 5.82 Å². The van der Waals surface area contributed by atoms with Crippen LogP contribution < -0.4 is 5.32 Å². The van der Waals surface area contributed by atoms with Gasteiger partial charge in [-0.05, 0) is 26.7 Å². The highest BCUT2D eigenvalue weighted by Gasteiger charge is 2.07. The largest absolute Gasteiger partial charge is 0.396 e. The van der Waals surface area contributed by atoms with Crippen molar-refractivity contribution in [3.63, 3.8) is 0 Å². The smallest absolute Gasteiger partial charge is 0.137 e. The van der Waals surface area contributed by atoms with E-state index < -0.39 is 0 Å². The lowest BCUT2D eigenvalue weighted by Crippen LogP contribution is -2.17. The summed E-state index contributed by atoms with van der Waals surface area (Å²) in [6.45, 7) is 4.14. The van der Waals surface area contributed by atoms with Crippen molar-refractivity contribution in [1.82, 2.24) is 9.97 Å². The van der Waals surface area contributed by atoms with Crippen LogP contribution in [-0.2, 0) is 0 Å². The van der Waals surface area contributed by atoms with Gasteiger partial charge in [0.05, 0.1) is 0 Å². The van der Waals surface area contributed by atoms with Gasteiger partial charge in [0.2, 0.25) is 0 Å². The van der Waals surface area contributed by atoms with Crippen LogP contribution in [0, 0.1) is 6.92 Å². The summed E-state index contributed by atoms with van der Waals surface area (Å²) in [4.78, 5) is 8.00. The molecule has 0 aromatic carbocycles. The molecule has 0 bridgehead atoms. The molecule has 0 saturated heterocycles. The van der Waals surface area contributed by atoms with E-state index in [-0.39, 0.29) is 12.6 Å². The second kappa shape index (κ2) is 5.88. The van der Waals surface area contributed by atoms with Crippen molar-refractivity contribution in [3.8, 4) is 0 Å². The van der Waals surface area contributed by atoms with Gasteiger partial charge in [0.1, 0.15) is 17.3 Å². The van der Waals surface area contributed by atoms with Gasteiger partial charge in [0.15, 0.2) is 0 Å². The first-order valence-electron chi connectivity index (χ1n) is 4.99. The Bertz CT molecular complexity index is 320. The number of hydrogen-bond donors (Lipinski definition) is 2. The van der Waals surface area contributed by atoms with Crippen molar-refractivity contribution in [2.75, 3.05) is 11.9 Å². The predicted octanol–water partition coefficient (Wildman–Crippen LogP) is 2.01. The van der Waals surface area contributed by atoms with Gasteiger partial charge in [-0.3, -0.25) is 0 Å². The minimum absolute atomic E-state index is 0.218. The van der Waals surface area contributed by atoms with E-state index >= 15 is 0 Å². The Hall–Kier alpha value is -0.870. The molecule has 0 aliphatic carbocycles. The first-order chi connectivity index (χ1) is 7.15. The Kier molecular flexibility index (Phi) is 4.78. The molecular weight excluding hydrogens is 214 g/mol. The fourth-order valence-corrected chi connectivity index (χ4v) is 1.41. The van der Waals surface area contributed by atoms with Crippen molar-refractivity contribution >= 4 is 17.4 Å². The summed E-state index contributed by atoms with van der Waals surface area (Å²) < 4.78 is 0. The molecule has 4 nitrogen and oxygen atoms in total. The van der Waals surface area contributed by atoms with E-state index in [1.165, 1.54) is 6.33 Å². The maximum Gasteiger partial charge on any atom is 0.137 e. The van der Waals surface area contributed by atoms with E-state index in [9.17, 15) is 0 Å². The van der Waals surface area contributed by atoms with Crippen LogP contribution in [0.1, 0.15) is 25.3 Å². The molecular formula is C10H16ClN3O. The van der Waals surface area contributed by atoms with Crippen molar-refractivity contribution in [2.45, 2.75) is 32.7 Å². The zero-order chi connectivity index (χ0) is 11.3. The van der Waals surface area contributed by atoms with Crippen LogP contribution in [-0.4, -0.2) is 27.7 Å². The number of nitrogens with zero attached hydrogens (tertiary/aromatic N) is 2. The lowest BCUT2D eigenvalue weighted by Gasteiger charge is -2.15. The molecule has 84 valence electrons. The number of anilines is 1. The molecule has 15 heavy (non-hydrogen) atoms. The number of halogens is 1. The van der Waals surface area contributed by atoms with Crippen LogP contribution in [0.3, 0.4) is 0 Å². The first kappa shape index (κ1) is 12.2. The van der Waals surface area contributed by atoms with Gasteiger partial charge < -0.3 is 10.4 Å². The number of hydrogen-bond acceptors (Lipinski definition) is 4. The lowest BCUT2D eigenvalue weighted by atomic mass is 10.2. The topological polar surface area (TPSA) is 58.0 Å². The average Bonchev–Trinajstić information content (AvgIpc) is 2.22. The van der Waals surface area contributed by atoms with Crippen LogP contribution in [0.15, 0.2) is 6.33 Å². The molecule has 1 rings (SSSR count). The molecule has 0 amide bonds. The van der Waals surface area contributed by atoms with E-state index in [0.29, 0.717) is 5.15 Å².